The van der Waals surface area contributed by atoms with Crippen LogP contribution in [0.3, 0.4) is 0 Å². The van der Waals surface area contributed by atoms with Gasteiger partial charge in [-0.1, -0.05) is 18.2 Å². The van der Waals surface area contributed by atoms with Crippen LogP contribution in [-0.2, 0) is 4.79 Å². The molecule has 1 N–H and O–H groups in total. The van der Waals surface area contributed by atoms with E-state index in [0.717, 1.165) is 24.0 Å². The highest BCUT2D eigenvalue weighted by atomic mass is 32.2. The number of ether oxygens (including phenoxy) is 1. The van der Waals surface area contributed by atoms with Crippen molar-refractivity contribution in [3.8, 4) is 5.75 Å². The molecule has 0 radical (unpaired) electrons. The Morgan fingerprint density at radius 3 is 2.83 bits per heavy atom. The highest BCUT2D eigenvalue weighted by molar-refractivity contribution is 7.99. The summed E-state index contributed by atoms with van der Waals surface area (Å²) in [7, 11) is 0. The standard InChI is InChI=1S/C14H19NO2S/c16-14(15-10-12-6-7-12)11-18-9-8-17-13-4-2-1-3-5-13/h1-5,12H,6-11H2,(H,15,16). The minimum absolute atomic E-state index is 0.145. The second kappa shape index (κ2) is 7.31. The zero-order valence-corrected chi connectivity index (χ0v) is 11.2. The molecule has 1 saturated carbocycles. The quantitative estimate of drug-likeness (QED) is 0.733. The molecular formula is C14H19NO2S. The first kappa shape index (κ1) is 13.3. The van der Waals surface area contributed by atoms with E-state index in [1.54, 1.807) is 11.8 Å². The van der Waals surface area contributed by atoms with Gasteiger partial charge in [0.15, 0.2) is 0 Å². The fraction of sp³-hybridized carbons (Fsp3) is 0.500. The third-order valence-electron chi connectivity index (χ3n) is 2.76. The number of carbonyl (C=O) groups is 1. The molecule has 0 unspecified atom stereocenters. The van der Waals surface area contributed by atoms with Gasteiger partial charge in [0.2, 0.25) is 5.91 Å². The molecular weight excluding hydrogens is 246 g/mol. The fourth-order valence-electron chi connectivity index (χ4n) is 1.53. The highest BCUT2D eigenvalue weighted by Gasteiger charge is 2.21. The van der Waals surface area contributed by atoms with E-state index in [0.29, 0.717) is 12.4 Å². The molecule has 1 aliphatic carbocycles. The van der Waals surface area contributed by atoms with E-state index >= 15 is 0 Å². The zero-order valence-electron chi connectivity index (χ0n) is 10.4. The van der Waals surface area contributed by atoms with Crippen molar-refractivity contribution in [2.75, 3.05) is 24.7 Å². The third kappa shape index (κ3) is 5.45. The van der Waals surface area contributed by atoms with Crippen molar-refractivity contribution in [2.45, 2.75) is 12.8 Å². The second-order valence-electron chi connectivity index (χ2n) is 4.46. The van der Waals surface area contributed by atoms with Crippen LogP contribution in [0, 0.1) is 5.92 Å². The third-order valence-corrected chi connectivity index (χ3v) is 3.68. The maximum absolute atomic E-state index is 11.4. The van der Waals surface area contributed by atoms with Gasteiger partial charge in [0.05, 0.1) is 12.4 Å². The minimum atomic E-state index is 0.145. The normalized spacial score (nSPS) is 14.2. The fourth-order valence-corrected chi connectivity index (χ4v) is 2.16. The first-order chi connectivity index (χ1) is 8.84. The molecule has 98 valence electrons. The Kier molecular flexibility index (Phi) is 5.39. The van der Waals surface area contributed by atoms with Crippen molar-refractivity contribution in [1.29, 1.82) is 0 Å². The summed E-state index contributed by atoms with van der Waals surface area (Å²) in [5.41, 5.74) is 0. The van der Waals surface area contributed by atoms with Crippen LogP contribution >= 0.6 is 11.8 Å². The summed E-state index contributed by atoms with van der Waals surface area (Å²) in [6.45, 7) is 1.50. The van der Waals surface area contributed by atoms with E-state index < -0.39 is 0 Å². The molecule has 18 heavy (non-hydrogen) atoms. The summed E-state index contributed by atoms with van der Waals surface area (Å²) in [5, 5.41) is 2.95. The average molecular weight is 265 g/mol. The maximum atomic E-state index is 11.4. The number of hydrogen-bond donors (Lipinski definition) is 1. The summed E-state index contributed by atoms with van der Waals surface area (Å²) < 4.78 is 5.54. The molecule has 1 aromatic rings. The number of rotatable bonds is 8. The molecule has 1 aromatic carbocycles. The SMILES string of the molecule is O=C(CSCCOc1ccccc1)NCC1CC1. The average Bonchev–Trinajstić information content (AvgIpc) is 3.21. The monoisotopic (exact) mass is 265 g/mol. The van der Waals surface area contributed by atoms with E-state index in [2.05, 4.69) is 5.32 Å². The Morgan fingerprint density at radius 1 is 1.33 bits per heavy atom. The van der Waals surface area contributed by atoms with Crippen LogP contribution in [0.15, 0.2) is 30.3 Å². The van der Waals surface area contributed by atoms with Crippen molar-refractivity contribution in [3.05, 3.63) is 30.3 Å². The molecule has 0 aromatic heterocycles. The van der Waals surface area contributed by atoms with Gasteiger partial charge in [-0.15, -0.1) is 11.8 Å². The van der Waals surface area contributed by atoms with Crippen molar-refractivity contribution in [1.82, 2.24) is 5.32 Å². The summed E-state index contributed by atoms with van der Waals surface area (Å²) in [6.07, 6.45) is 2.55. The molecule has 0 heterocycles. The number of carbonyl (C=O) groups excluding carboxylic acids is 1. The molecule has 0 saturated heterocycles. The van der Waals surface area contributed by atoms with E-state index in [1.165, 1.54) is 12.8 Å². The molecule has 0 bridgehead atoms. The van der Waals surface area contributed by atoms with Crippen LogP contribution in [0.1, 0.15) is 12.8 Å². The van der Waals surface area contributed by atoms with Gasteiger partial charge in [-0.2, -0.15) is 0 Å². The number of thioether (sulfide) groups is 1. The van der Waals surface area contributed by atoms with Crippen molar-refractivity contribution in [3.63, 3.8) is 0 Å². The molecule has 0 aliphatic heterocycles. The van der Waals surface area contributed by atoms with E-state index in [9.17, 15) is 4.79 Å². The Hall–Kier alpha value is -1.16. The van der Waals surface area contributed by atoms with Gasteiger partial charge in [-0.25, -0.2) is 0 Å². The minimum Gasteiger partial charge on any atom is -0.493 e. The van der Waals surface area contributed by atoms with E-state index in [-0.39, 0.29) is 5.91 Å². The molecule has 0 spiro atoms. The van der Waals surface area contributed by atoms with Gasteiger partial charge in [-0.05, 0) is 30.9 Å². The van der Waals surface area contributed by atoms with Gasteiger partial charge in [0.1, 0.15) is 5.75 Å². The lowest BCUT2D eigenvalue weighted by Crippen LogP contribution is -2.27. The number of benzene rings is 1. The Balaban J connectivity index is 1.46. The topological polar surface area (TPSA) is 38.3 Å². The predicted molar refractivity (Wildman–Crippen MR) is 75.0 cm³/mol. The first-order valence-electron chi connectivity index (χ1n) is 6.37. The van der Waals surface area contributed by atoms with Crippen LogP contribution < -0.4 is 10.1 Å². The lowest BCUT2D eigenvalue weighted by Gasteiger charge is -2.06. The molecule has 1 fully saturated rings. The van der Waals surface area contributed by atoms with Crippen molar-refractivity contribution >= 4 is 17.7 Å². The molecule has 1 aliphatic rings. The van der Waals surface area contributed by atoms with Crippen molar-refractivity contribution < 1.29 is 9.53 Å². The lowest BCUT2D eigenvalue weighted by atomic mass is 10.3. The molecule has 0 atom stereocenters. The number of para-hydroxylation sites is 1. The van der Waals surface area contributed by atoms with Gasteiger partial charge in [0.25, 0.3) is 0 Å². The Morgan fingerprint density at radius 2 is 2.11 bits per heavy atom. The molecule has 3 nitrogen and oxygen atoms in total. The number of amides is 1. The summed E-state index contributed by atoms with van der Waals surface area (Å²) in [5.74, 6) is 3.15. The van der Waals surface area contributed by atoms with Gasteiger partial charge in [0, 0.05) is 12.3 Å². The highest BCUT2D eigenvalue weighted by Crippen LogP contribution is 2.27. The van der Waals surface area contributed by atoms with Gasteiger partial charge >= 0.3 is 0 Å². The smallest absolute Gasteiger partial charge is 0.230 e. The molecule has 4 heteroatoms. The van der Waals surface area contributed by atoms with E-state index in [4.69, 9.17) is 4.74 Å². The largest absolute Gasteiger partial charge is 0.493 e. The van der Waals surface area contributed by atoms with Gasteiger partial charge < -0.3 is 10.1 Å². The summed E-state index contributed by atoms with van der Waals surface area (Å²) in [6, 6.07) is 9.74. The zero-order chi connectivity index (χ0) is 12.6. The second-order valence-corrected chi connectivity index (χ2v) is 5.57. The lowest BCUT2D eigenvalue weighted by molar-refractivity contribution is -0.118. The molecule has 2 rings (SSSR count). The predicted octanol–water partition coefficient (Wildman–Crippen LogP) is 2.32. The van der Waals surface area contributed by atoms with Crippen molar-refractivity contribution in [2.24, 2.45) is 5.92 Å². The van der Waals surface area contributed by atoms with E-state index in [1.807, 2.05) is 30.3 Å². The maximum Gasteiger partial charge on any atom is 0.230 e. The number of hydrogen-bond acceptors (Lipinski definition) is 3. The van der Waals surface area contributed by atoms with Crippen LogP contribution in [0.2, 0.25) is 0 Å². The summed E-state index contributed by atoms with van der Waals surface area (Å²) >= 11 is 1.62. The van der Waals surface area contributed by atoms with Crippen LogP contribution in [0.5, 0.6) is 5.75 Å². The van der Waals surface area contributed by atoms with Crippen LogP contribution in [-0.4, -0.2) is 30.6 Å². The Labute approximate surface area is 112 Å². The first-order valence-corrected chi connectivity index (χ1v) is 7.52. The van der Waals surface area contributed by atoms with Crippen LogP contribution in [0.25, 0.3) is 0 Å². The number of nitrogens with one attached hydrogen (secondary N) is 1. The van der Waals surface area contributed by atoms with Crippen LogP contribution in [0.4, 0.5) is 0 Å². The molecule has 1 amide bonds. The summed E-state index contributed by atoms with van der Waals surface area (Å²) in [4.78, 5) is 11.4. The van der Waals surface area contributed by atoms with Gasteiger partial charge in [-0.3, -0.25) is 4.79 Å². The Bertz CT molecular complexity index is 365.